The van der Waals surface area contributed by atoms with Crippen LogP contribution in [0.15, 0.2) is 6.20 Å². The normalized spacial score (nSPS) is 21.7. The first kappa shape index (κ1) is 13.3. The van der Waals surface area contributed by atoms with E-state index in [2.05, 4.69) is 10.3 Å². The largest absolute Gasteiger partial charge is 0.391 e. The fourth-order valence-corrected chi connectivity index (χ4v) is 2.83. The molecule has 2 N–H and O–H groups in total. The highest BCUT2D eigenvalue weighted by Gasteiger charge is 2.23. The monoisotopic (exact) mass is 269 g/mol. The number of aryl methyl sites for hydroxylation is 1. The molecule has 1 fully saturated rings. The summed E-state index contributed by atoms with van der Waals surface area (Å²) in [7, 11) is 0. The van der Waals surface area contributed by atoms with Crippen molar-refractivity contribution in [3.05, 3.63) is 16.1 Å². The zero-order chi connectivity index (χ0) is 13.1. The van der Waals surface area contributed by atoms with Crippen LogP contribution in [-0.4, -0.2) is 40.2 Å². The van der Waals surface area contributed by atoms with E-state index in [9.17, 15) is 9.90 Å². The molecule has 0 radical (unpaired) electrons. The van der Waals surface area contributed by atoms with E-state index in [1.54, 1.807) is 16.2 Å². The third kappa shape index (κ3) is 3.20. The standard InChI is InChI=1S/C12H19N3O2S/c1-8-6-13-11(18-8)9(2)14-12(17)15-5-3-4-10(16)7-15/h6,9-10,16H,3-5,7H2,1-2H3,(H,14,17). The van der Waals surface area contributed by atoms with Gasteiger partial charge in [-0.05, 0) is 26.7 Å². The Hall–Kier alpha value is -1.14. The van der Waals surface area contributed by atoms with Gasteiger partial charge in [-0.1, -0.05) is 0 Å². The molecule has 100 valence electrons. The number of piperidine rings is 1. The average Bonchev–Trinajstić information content (AvgIpc) is 2.76. The maximum absolute atomic E-state index is 12.0. The molecule has 0 saturated carbocycles. The number of carbonyl (C=O) groups is 1. The van der Waals surface area contributed by atoms with Crippen molar-refractivity contribution in [2.45, 2.75) is 38.8 Å². The molecule has 2 amide bonds. The lowest BCUT2D eigenvalue weighted by Crippen LogP contribution is -2.47. The molecule has 0 bridgehead atoms. The number of nitrogens with zero attached hydrogens (tertiary/aromatic N) is 2. The number of thiazole rings is 1. The number of hydrogen-bond acceptors (Lipinski definition) is 4. The van der Waals surface area contributed by atoms with Gasteiger partial charge in [0.2, 0.25) is 0 Å². The molecule has 2 rings (SSSR count). The first-order valence-corrected chi connectivity index (χ1v) is 7.03. The molecule has 1 aromatic heterocycles. The molecule has 1 aliphatic rings. The lowest BCUT2D eigenvalue weighted by Gasteiger charge is -2.30. The Labute approximate surface area is 111 Å². The van der Waals surface area contributed by atoms with E-state index < -0.39 is 0 Å². The summed E-state index contributed by atoms with van der Waals surface area (Å²) in [4.78, 5) is 19.1. The van der Waals surface area contributed by atoms with Crippen molar-refractivity contribution in [2.24, 2.45) is 0 Å². The van der Waals surface area contributed by atoms with Gasteiger partial charge in [0.15, 0.2) is 0 Å². The van der Waals surface area contributed by atoms with Gasteiger partial charge in [0.25, 0.3) is 0 Å². The van der Waals surface area contributed by atoms with Crippen molar-refractivity contribution in [1.82, 2.24) is 15.2 Å². The van der Waals surface area contributed by atoms with Crippen molar-refractivity contribution >= 4 is 17.4 Å². The number of aliphatic hydroxyl groups is 1. The SMILES string of the molecule is Cc1cnc(C(C)NC(=O)N2CCCC(O)C2)s1. The lowest BCUT2D eigenvalue weighted by molar-refractivity contribution is 0.0835. The minimum absolute atomic E-state index is 0.0877. The van der Waals surface area contributed by atoms with Gasteiger partial charge < -0.3 is 15.3 Å². The zero-order valence-corrected chi connectivity index (χ0v) is 11.5. The molecule has 0 aliphatic carbocycles. The van der Waals surface area contributed by atoms with Crippen molar-refractivity contribution in [2.75, 3.05) is 13.1 Å². The Balaban J connectivity index is 1.90. The fourth-order valence-electron chi connectivity index (χ4n) is 2.05. The van der Waals surface area contributed by atoms with Crippen LogP contribution in [0.1, 0.15) is 35.7 Å². The molecule has 18 heavy (non-hydrogen) atoms. The van der Waals surface area contributed by atoms with Crippen LogP contribution in [0.2, 0.25) is 0 Å². The van der Waals surface area contributed by atoms with Crippen LogP contribution in [0.5, 0.6) is 0 Å². The highest BCUT2D eigenvalue weighted by atomic mass is 32.1. The van der Waals surface area contributed by atoms with Gasteiger partial charge in [-0.2, -0.15) is 0 Å². The molecule has 1 saturated heterocycles. The summed E-state index contributed by atoms with van der Waals surface area (Å²) >= 11 is 1.59. The van der Waals surface area contributed by atoms with E-state index in [1.165, 1.54) is 0 Å². The molecule has 2 heterocycles. The van der Waals surface area contributed by atoms with Gasteiger partial charge in [-0.25, -0.2) is 9.78 Å². The Morgan fingerprint density at radius 2 is 2.50 bits per heavy atom. The molecule has 5 nitrogen and oxygen atoms in total. The van der Waals surface area contributed by atoms with E-state index in [0.717, 1.165) is 22.7 Å². The molecular formula is C12H19N3O2S. The maximum Gasteiger partial charge on any atom is 0.318 e. The predicted molar refractivity (Wildman–Crippen MR) is 70.6 cm³/mol. The van der Waals surface area contributed by atoms with Crippen molar-refractivity contribution in [3.8, 4) is 0 Å². The van der Waals surface area contributed by atoms with E-state index in [4.69, 9.17) is 0 Å². The van der Waals surface area contributed by atoms with E-state index in [0.29, 0.717) is 13.1 Å². The van der Waals surface area contributed by atoms with Crippen LogP contribution in [0.25, 0.3) is 0 Å². The first-order valence-electron chi connectivity index (χ1n) is 6.22. The number of aliphatic hydroxyl groups excluding tert-OH is 1. The molecule has 2 unspecified atom stereocenters. The molecule has 0 aromatic carbocycles. The predicted octanol–water partition coefficient (Wildman–Crippen LogP) is 1.68. The quantitative estimate of drug-likeness (QED) is 0.858. The second-order valence-corrected chi connectivity index (χ2v) is 5.99. The van der Waals surface area contributed by atoms with Crippen LogP contribution in [0, 0.1) is 6.92 Å². The Bertz CT molecular complexity index is 421. The minimum atomic E-state index is -0.387. The summed E-state index contributed by atoms with van der Waals surface area (Å²) in [6.07, 6.45) is 3.07. The molecule has 0 spiro atoms. The Kier molecular flexibility index (Phi) is 4.19. The van der Waals surface area contributed by atoms with Crippen LogP contribution < -0.4 is 5.32 Å². The average molecular weight is 269 g/mol. The van der Waals surface area contributed by atoms with Crippen molar-refractivity contribution in [3.63, 3.8) is 0 Å². The smallest absolute Gasteiger partial charge is 0.318 e. The van der Waals surface area contributed by atoms with Gasteiger partial charge >= 0.3 is 6.03 Å². The first-order chi connectivity index (χ1) is 8.56. The third-order valence-electron chi connectivity index (χ3n) is 3.03. The highest BCUT2D eigenvalue weighted by molar-refractivity contribution is 7.11. The summed E-state index contributed by atoms with van der Waals surface area (Å²) in [5, 5.41) is 13.4. The number of aromatic nitrogens is 1. The molecular weight excluding hydrogens is 250 g/mol. The van der Waals surface area contributed by atoms with Crippen LogP contribution >= 0.6 is 11.3 Å². The number of nitrogens with one attached hydrogen (secondary N) is 1. The fraction of sp³-hybridized carbons (Fsp3) is 0.667. The van der Waals surface area contributed by atoms with Gasteiger partial charge in [-0.3, -0.25) is 0 Å². The molecule has 6 heteroatoms. The van der Waals surface area contributed by atoms with Gasteiger partial charge in [-0.15, -0.1) is 11.3 Å². The van der Waals surface area contributed by atoms with Gasteiger partial charge in [0.1, 0.15) is 5.01 Å². The topological polar surface area (TPSA) is 65.5 Å². The van der Waals surface area contributed by atoms with Crippen LogP contribution in [0.3, 0.4) is 0 Å². The molecule has 1 aromatic rings. The van der Waals surface area contributed by atoms with Crippen molar-refractivity contribution < 1.29 is 9.90 Å². The number of carbonyl (C=O) groups excluding carboxylic acids is 1. The van der Waals surface area contributed by atoms with Crippen LogP contribution in [0.4, 0.5) is 4.79 Å². The summed E-state index contributed by atoms with van der Waals surface area (Å²) in [5.74, 6) is 0. The van der Waals surface area contributed by atoms with Crippen LogP contribution in [-0.2, 0) is 0 Å². The summed E-state index contributed by atoms with van der Waals surface area (Å²) in [5.41, 5.74) is 0. The second kappa shape index (κ2) is 5.67. The van der Waals surface area contributed by atoms with Crippen molar-refractivity contribution in [1.29, 1.82) is 0 Å². The Morgan fingerprint density at radius 1 is 1.72 bits per heavy atom. The highest BCUT2D eigenvalue weighted by Crippen LogP contribution is 2.19. The number of amides is 2. The zero-order valence-electron chi connectivity index (χ0n) is 10.7. The van der Waals surface area contributed by atoms with E-state index >= 15 is 0 Å². The molecule has 1 aliphatic heterocycles. The number of likely N-dealkylation sites (tertiary alicyclic amines) is 1. The number of rotatable bonds is 2. The van der Waals surface area contributed by atoms with E-state index in [-0.39, 0.29) is 18.2 Å². The molecule has 2 atom stereocenters. The summed E-state index contributed by atoms with van der Waals surface area (Å²) < 4.78 is 0. The maximum atomic E-state index is 12.0. The summed E-state index contributed by atoms with van der Waals surface area (Å²) in [6.45, 7) is 5.06. The number of hydrogen-bond donors (Lipinski definition) is 2. The second-order valence-electron chi connectivity index (χ2n) is 4.72. The third-order valence-corrected chi connectivity index (χ3v) is 4.13. The minimum Gasteiger partial charge on any atom is -0.391 e. The van der Waals surface area contributed by atoms with Gasteiger partial charge in [0, 0.05) is 24.2 Å². The number of β-amino-alcohol motifs (C(OH)–C–C–N with tert-alkyl or cyclic N) is 1. The summed E-state index contributed by atoms with van der Waals surface area (Å²) in [6, 6.07) is -0.204. The van der Waals surface area contributed by atoms with Gasteiger partial charge in [0.05, 0.1) is 12.1 Å². The van der Waals surface area contributed by atoms with E-state index in [1.807, 2.05) is 20.0 Å². The number of urea groups is 1. The lowest BCUT2D eigenvalue weighted by atomic mass is 10.1. The Morgan fingerprint density at radius 3 is 3.11 bits per heavy atom.